The molecule has 1 amide bonds. The Morgan fingerprint density at radius 2 is 2.11 bits per heavy atom. The first kappa shape index (κ1) is 15.7. The molecule has 0 heterocycles. The van der Waals surface area contributed by atoms with Crippen LogP contribution in [0.5, 0.6) is 5.75 Å². The molecule has 5 nitrogen and oxygen atoms in total. The Hall–Kier alpha value is -1.31. The summed E-state index contributed by atoms with van der Waals surface area (Å²) in [6.07, 6.45) is 0.159. The minimum Gasteiger partial charge on any atom is -0.507 e. The predicted octanol–water partition coefficient (Wildman–Crippen LogP) is 2.02. The van der Waals surface area contributed by atoms with Crippen molar-refractivity contribution in [1.82, 2.24) is 4.90 Å². The van der Waals surface area contributed by atoms with Crippen LogP contribution in [0.15, 0.2) is 18.2 Å². The minimum absolute atomic E-state index is 0.0743. The van der Waals surface area contributed by atoms with Gasteiger partial charge >= 0.3 is 5.97 Å². The van der Waals surface area contributed by atoms with E-state index in [0.29, 0.717) is 15.7 Å². The first-order chi connectivity index (χ1) is 8.95. The lowest BCUT2D eigenvalue weighted by atomic mass is 10.2. The first-order valence-electron chi connectivity index (χ1n) is 5.85. The number of ether oxygens (including phenoxy) is 1. The molecule has 1 aromatic carbocycles. The molecule has 19 heavy (non-hydrogen) atoms. The second kappa shape index (κ2) is 7.32. The van der Waals surface area contributed by atoms with Crippen molar-refractivity contribution in [1.29, 1.82) is 0 Å². The summed E-state index contributed by atoms with van der Waals surface area (Å²) in [5, 5.41) is 9.57. The number of nitrogens with zero attached hydrogens (tertiary/aromatic N) is 1. The first-order valence-corrected chi connectivity index (χ1v) is 6.93. The van der Waals surface area contributed by atoms with E-state index in [2.05, 4.69) is 0 Å². The quantitative estimate of drug-likeness (QED) is 0.630. The van der Waals surface area contributed by atoms with E-state index >= 15 is 0 Å². The lowest BCUT2D eigenvalue weighted by Gasteiger charge is -2.16. The van der Waals surface area contributed by atoms with Crippen LogP contribution in [0.3, 0.4) is 0 Å². The lowest BCUT2D eigenvalue weighted by molar-refractivity contribution is -0.143. The number of rotatable bonds is 5. The molecule has 6 heteroatoms. The zero-order valence-corrected chi connectivity index (χ0v) is 13.0. The Bertz CT molecular complexity index is 476. The number of hydrogen-bond acceptors (Lipinski definition) is 4. The Labute approximate surface area is 125 Å². The molecular weight excluding hydrogens is 361 g/mol. The van der Waals surface area contributed by atoms with E-state index in [1.165, 1.54) is 11.0 Å². The molecule has 0 fully saturated rings. The van der Waals surface area contributed by atoms with Crippen molar-refractivity contribution in [2.45, 2.75) is 13.3 Å². The summed E-state index contributed by atoms with van der Waals surface area (Å²) in [5.74, 6) is -0.492. The van der Waals surface area contributed by atoms with Gasteiger partial charge in [0, 0.05) is 19.2 Å². The van der Waals surface area contributed by atoms with Gasteiger partial charge in [-0.2, -0.15) is 0 Å². The molecule has 0 saturated carbocycles. The zero-order valence-electron chi connectivity index (χ0n) is 10.9. The smallest absolute Gasteiger partial charge is 0.307 e. The van der Waals surface area contributed by atoms with Gasteiger partial charge in [0.2, 0.25) is 0 Å². The van der Waals surface area contributed by atoms with Crippen molar-refractivity contribution in [3.8, 4) is 5.75 Å². The maximum Gasteiger partial charge on any atom is 0.307 e. The fraction of sp³-hybridized carbons (Fsp3) is 0.385. The van der Waals surface area contributed by atoms with E-state index in [1.54, 1.807) is 26.1 Å². The average Bonchev–Trinajstić information content (AvgIpc) is 2.38. The summed E-state index contributed by atoms with van der Waals surface area (Å²) in [6, 6.07) is 4.73. The van der Waals surface area contributed by atoms with Gasteiger partial charge in [-0.1, -0.05) is 0 Å². The average molecular weight is 377 g/mol. The van der Waals surface area contributed by atoms with E-state index in [0.717, 1.165) is 0 Å². The molecule has 0 atom stereocenters. The van der Waals surface area contributed by atoms with Gasteiger partial charge < -0.3 is 14.7 Å². The second-order valence-corrected chi connectivity index (χ2v) is 5.11. The van der Waals surface area contributed by atoms with E-state index in [4.69, 9.17) is 4.74 Å². The molecule has 0 aliphatic rings. The van der Waals surface area contributed by atoms with Crippen LogP contribution < -0.4 is 0 Å². The maximum atomic E-state index is 12.0. The standard InChI is InChI=1S/C13H16INO4/c1-3-19-12(17)6-7-15(2)13(18)9-4-5-10(14)11(16)8-9/h4-5,8,16H,3,6-7H2,1-2H3. The van der Waals surface area contributed by atoms with Crippen LogP contribution in [0.25, 0.3) is 0 Å². The van der Waals surface area contributed by atoms with Crippen LogP contribution >= 0.6 is 22.6 Å². The van der Waals surface area contributed by atoms with E-state index < -0.39 is 0 Å². The van der Waals surface area contributed by atoms with Gasteiger partial charge in [0.1, 0.15) is 5.75 Å². The highest BCUT2D eigenvalue weighted by Crippen LogP contribution is 2.21. The number of phenolic OH excluding ortho intramolecular Hbond substituents is 1. The topological polar surface area (TPSA) is 66.8 Å². The second-order valence-electron chi connectivity index (χ2n) is 3.95. The fourth-order valence-corrected chi connectivity index (χ4v) is 1.80. The molecule has 1 rings (SSSR count). The molecule has 0 aliphatic heterocycles. The van der Waals surface area contributed by atoms with Crippen molar-refractivity contribution in [2.75, 3.05) is 20.2 Å². The van der Waals surface area contributed by atoms with Gasteiger partial charge in [0.15, 0.2) is 0 Å². The summed E-state index contributed by atoms with van der Waals surface area (Å²) in [4.78, 5) is 24.7. The Morgan fingerprint density at radius 3 is 2.68 bits per heavy atom. The van der Waals surface area contributed by atoms with Crippen molar-refractivity contribution in [3.05, 3.63) is 27.3 Å². The highest BCUT2D eigenvalue weighted by Gasteiger charge is 2.14. The van der Waals surface area contributed by atoms with E-state index in [-0.39, 0.29) is 30.6 Å². The van der Waals surface area contributed by atoms with E-state index in [9.17, 15) is 14.7 Å². The molecule has 104 valence electrons. The van der Waals surface area contributed by atoms with E-state index in [1.807, 2.05) is 22.6 Å². The number of hydrogen-bond donors (Lipinski definition) is 1. The number of benzene rings is 1. The normalized spacial score (nSPS) is 10.1. The highest BCUT2D eigenvalue weighted by molar-refractivity contribution is 14.1. The van der Waals surface area contributed by atoms with Gasteiger partial charge in [0.25, 0.3) is 5.91 Å². The summed E-state index contributed by atoms with van der Waals surface area (Å²) in [5.41, 5.74) is 0.393. The summed E-state index contributed by atoms with van der Waals surface area (Å²) in [6.45, 7) is 2.35. The van der Waals surface area contributed by atoms with Crippen LogP contribution in [-0.2, 0) is 9.53 Å². The van der Waals surface area contributed by atoms with Crippen LogP contribution in [-0.4, -0.2) is 42.1 Å². The van der Waals surface area contributed by atoms with Gasteiger partial charge in [-0.3, -0.25) is 9.59 Å². The molecule has 1 N–H and O–H groups in total. The minimum atomic E-state index is -0.326. The Balaban J connectivity index is 2.61. The molecule has 1 aromatic rings. The highest BCUT2D eigenvalue weighted by atomic mass is 127. The maximum absolute atomic E-state index is 12.0. The van der Waals surface area contributed by atoms with Crippen LogP contribution in [0.2, 0.25) is 0 Å². The van der Waals surface area contributed by atoms with Gasteiger partial charge in [-0.05, 0) is 47.7 Å². The lowest BCUT2D eigenvalue weighted by Crippen LogP contribution is -2.29. The van der Waals surface area contributed by atoms with Crippen molar-refractivity contribution in [2.24, 2.45) is 0 Å². The number of carbonyl (C=O) groups is 2. The number of phenols is 1. The molecule has 0 radical (unpaired) electrons. The predicted molar refractivity (Wildman–Crippen MR) is 79.0 cm³/mol. The van der Waals surface area contributed by atoms with Crippen molar-refractivity contribution in [3.63, 3.8) is 0 Å². The molecule has 0 unspecified atom stereocenters. The largest absolute Gasteiger partial charge is 0.507 e. The summed E-state index contributed by atoms with van der Waals surface area (Å²) >= 11 is 1.98. The van der Waals surface area contributed by atoms with Crippen LogP contribution in [0.4, 0.5) is 0 Å². The SMILES string of the molecule is CCOC(=O)CCN(C)C(=O)c1ccc(I)c(O)c1. The van der Waals surface area contributed by atoms with Crippen molar-refractivity contribution < 1.29 is 19.4 Å². The fourth-order valence-electron chi connectivity index (χ4n) is 1.46. The molecule has 0 aromatic heterocycles. The van der Waals surface area contributed by atoms with Gasteiger partial charge in [-0.25, -0.2) is 0 Å². The zero-order chi connectivity index (χ0) is 14.4. The summed E-state index contributed by atoms with van der Waals surface area (Å²) in [7, 11) is 1.61. The molecule has 0 bridgehead atoms. The Kier molecular flexibility index (Phi) is 6.07. The number of aromatic hydroxyl groups is 1. The monoisotopic (exact) mass is 377 g/mol. The number of halogens is 1. The molecule has 0 saturated heterocycles. The Morgan fingerprint density at radius 1 is 1.42 bits per heavy atom. The summed E-state index contributed by atoms with van der Waals surface area (Å²) < 4.78 is 5.48. The molecular formula is C13H16INO4. The van der Waals surface area contributed by atoms with Gasteiger partial charge in [0.05, 0.1) is 16.6 Å². The third-order valence-corrected chi connectivity index (χ3v) is 3.41. The van der Waals surface area contributed by atoms with Crippen LogP contribution in [0, 0.1) is 3.57 Å². The van der Waals surface area contributed by atoms with Crippen LogP contribution in [0.1, 0.15) is 23.7 Å². The molecule has 0 aliphatic carbocycles. The van der Waals surface area contributed by atoms with Gasteiger partial charge in [-0.15, -0.1) is 0 Å². The number of esters is 1. The third-order valence-electron chi connectivity index (χ3n) is 2.50. The number of carbonyl (C=O) groups excluding carboxylic acids is 2. The molecule has 0 spiro atoms. The third kappa shape index (κ3) is 4.70. The van der Waals surface area contributed by atoms with Crippen molar-refractivity contribution >= 4 is 34.5 Å². The number of amides is 1.